The van der Waals surface area contributed by atoms with Crippen LogP contribution in [0, 0.1) is 5.92 Å². The molecule has 3 aliphatic rings. The maximum atomic E-state index is 14.3. The number of amides is 1. The van der Waals surface area contributed by atoms with E-state index in [0.717, 1.165) is 73.2 Å². The number of nitrogens with one attached hydrogen (secondary N) is 2. The number of imidazole rings is 1. The van der Waals surface area contributed by atoms with Gasteiger partial charge in [0.05, 0.1) is 30.0 Å². The van der Waals surface area contributed by atoms with E-state index in [1.165, 1.54) is 31.4 Å². The molecule has 43 heavy (non-hydrogen) atoms. The second-order valence-electron chi connectivity index (χ2n) is 12.2. The topological polar surface area (TPSA) is 83.8 Å². The summed E-state index contributed by atoms with van der Waals surface area (Å²) in [7, 11) is 0. The van der Waals surface area contributed by atoms with E-state index < -0.39 is 0 Å². The van der Waals surface area contributed by atoms with Crippen molar-refractivity contribution in [1.82, 2.24) is 24.6 Å². The number of pyridine rings is 1. The first kappa shape index (κ1) is 29.0. The van der Waals surface area contributed by atoms with Crippen molar-refractivity contribution in [1.29, 1.82) is 0 Å². The molecule has 8 nitrogen and oxygen atoms in total. The summed E-state index contributed by atoms with van der Waals surface area (Å²) in [6.07, 6.45) is 13.2. The fourth-order valence-corrected chi connectivity index (χ4v) is 9.46. The summed E-state index contributed by atoms with van der Waals surface area (Å²) >= 11 is 3.39. The molecule has 2 aliphatic heterocycles. The van der Waals surface area contributed by atoms with Gasteiger partial charge in [-0.3, -0.25) is 24.4 Å². The second kappa shape index (κ2) is 12.7. The van der Waals surface area contributed by atoms with Gasteiger partial charge >= 0.3 is 0 Å². The van der Waals surface area contributed by atoms with Crippen molar-refractivity contribution in [3.8, 4) is 11.3 Å². The predicted molar refractivity (Wildman–Crippen MR) is 174 cm³/mol. The number of nitrogens with zero attached hydrogens (tertiary/aromatic N) is 4. The molecule has 3 aromatic heterocycles. The van der Waals surface area contributed by atoms with Gasteiger partial charge in [-0.2, -0.15) is 0 Å². The summed E-state index contributed by atoms with van der Waals surface area (Å²) in [5.74, 6) is 0.497. The number of thiazole rings is 1. The van der Waals surface area contributed by atoms with Crippen LogP contribution in [0.15, 0.2) is 60.4 Å². The first-order chi connectivity index (χ1) is 21.1. The Hall–Kier alpha value is -2.76. The molecule has 226 valence electrons. The summed E-state index contributed by atoms with van der Waals surface area (Å²) in [4.78, 5) is 27.0. The molecule has 0 radical (unpaired) electrons. The average Bonchev–Trinajstić information content (AvgIpc) is 3.65. The van der Waals surface area contributed by atoms with E-state index in [2.05, 4.69) is 55.6 Å². The lowest BCUT2D eigenvalue weighted by Crippen LogP contribution is -2.55. The molecular formula is C33H40N6O2S2. The van der Waals surface area contributed by atoms with Gasteiger partial charge < -0.3 is 10.1 Å². The number of hydrogen-bond acceptors (Lipinski definition) is 8. The molecule has 2 N–H and O–H groups in total. The largest absolute Gasteiger partial charge is 0.379 e. The van der Waals surface area contributed by atoms with E-state index in [0.29, 0.717) is 5.92 Å². The van der Waals surface area contributed by atoms with Gasteiger partial charge in [-0.1, -0.05) is 49.9 Å². The van der Waals surface area contributed by atoms with E-state index in [1.807, 2.05) is 30.5 Å². The summed E-state index contributed by atoms with van der Waals surface area (Å²) < 4.78 is 7.73. The molecule has 1 aromatic carbocycles. The summed E-state index contributed by atoms with van der Waals surface area (Å²) in [6, 6.07) is 12.2. The van der Waals surface area contributed by atoms with Gasteiger partial charge in [-0.25, -0.2) is 4.98 Å². The smallest absolute Gasteiger partial charge is 0.239 e. The van der Waals surface area contributed by atoms with Gasteiger partial charge in [0, 0.05) is 60.4 Å². The Labute approximate surface area is 261 Å². The number of morpholine rings is 1. The van der Waals surface area contributed by atoms with Crippen LogP contribution in [0.25, 0.3) is 16.2 Å². The molecule has 2 saturated heterocycles. The van der Waals surface area contributed by atoms with Crippen molar-refractivity contribution >= 4 is 39.7 Å². The average molecular weight is 617 g/mol. The standard InChI is InChI=1S/C33H40N6O2S2/c1-33(24-10-4-2-3-5-11-24)29(43-31(37-33)23-9-8-14-34-19-23)30(40)35-27-13-7-6-12-26(27)28-21-39-25(22-42-32(39)36-28)20-38-15-17-41-18-16-38/h6-9,12-14,19,21-22,24,29,31,37H,2-5,10-11,15-18,20H2,1H3,(H,35,40). The van der Waals surface area contributed by atoms with Crippen LogP contribution in [0.2, 0.25) is 0 Å². The fraction of sp³-hybridized carbons (Fsp3) is 0.485. The number of ether oxygens (including phenoxy) is 1. The van der Waals surface area contributed by atoms with Crippen molar-refractivity contribution < 1.29 is 9.53 Å². The fourth-order valence-electron chi connectivity index (χ4n) is 6.98. The van der Waals surface area contributed by atoms with Gasteiger partial charge in [0.25, 0.3) is 0 Å². The van der Waals surface area contributed by atoms with E-state index in [-0.39, 0.29) is 22.1 Å². The Balaban J connectivity index is 1.15. The normalized spacial score (nSPS) is 25.6. The van der Waals surface area contributed by atoms with Crippen molar-refractivity contribution in [3.05, 3.63) is 71.6 Å². The highest BCUT2D eigenvalue weighted by Crippen LogP contribution is 2.49. The molecule has 10 heteroatoms. The number of rotatable bonds is 7. The quantitative estimate of drug-likeness (QED) is 0.234. The Morgan fingerprint density at radius 2 is 1.93 bits per heavy atom. The number of para-hydroxylation sites is 1. The summed E-state index contributed by atoms with van der Waals surface area (Å²) in [6.45, 7) is 6.62. The highest BCUT2D eigenvalue weighted by molar-refractivity contribution is 8.01. The van der Waals surface area contributed by atoms with Gasteiger partial charge in [0.1, 0.15) is 5.25 Å². The van der Waals surface area contributed by atoms with E-state index >= 15 is 0 Å². The van der Waals surface area contributed by atoms with Gasteiger partial charge in [-0.15, -0.1) is 23.1 Å². The maximum Gasteiger partial charge on any atom is 0.239 e. The van der Waals surface area contributed by atoms with Gasteiger partial charge in [0.2, 0.25) is 5.91 Å². The van der Waals surface area contributed by atoms with Crippen LogP contribution in [0.4, 0.5) is 5.69 Å². The molecule has 1 aliphatic carbocycles. The van der Waals surface area contributed by atoms with E-state index in [1.54, 1.807) is 29.3 Å². The molecule has 1 saturated carbocycles. The number of thioether (sulfide) groups is 1. The van der Waals surface area contributed by atoms with Crippen LogP contribution < -0.4 is 10.6 Å². The van der Waals surface area contributed by atoms with Gasteiger partial charge in [-0.05, 0) is 43.4 Å². The Morgan fingerprint density at radius 3 is 2.72 bits per heavy atom. The molecule has 5 heterocycles. The lowest BCUT2D eigenvalue weighted by atomic mass is 9.77. The highest BCUT2D eigenvalue weighted by atomic mass is 32.2. The molecular weight excluding hydrogens is 577 g/mol. The maximum absolute atomic E-state index is 14.3. The lowest BCUT2D eigenvalue weighted by Gasteiger charge is -2.38. The van der Waals surface area contributed by atoms with E-state index in [4.69, 9.17) is 9.72 Å². The molecule has 3 atom stereocenters. The first-order valence-corrected chi connectivity index (χ1v) is 17.4. The van der Waals surface area contributed by atoms with Crippen molar-refractivity contribution in [2.75, 3.05) is 31.6 Å². The zero-order valence-electron chi connectivity index (χ0n) is 24.7. The number of anilines is 1. The monoisotopic (exact) mass is 616 g/mol. The van der Waals surface area contributed by atoms with Gasteiger partial charge in [0.15, 0.2) is 4.96 Å². The minimum Gasteiger partial charge on any atom is -0.379 e. The Kier molecular flexibility index (Phi) is 8.55. The third-order valence-electron chi connectivity index (χ3n) is 9.42. The van der Waals surface area contributed by atoms with Crippen LogP contribution in [0.1, 0.15) is 62.1 Å². The van der Waals surface area contributed by atoms with Crippen LogP contribution in [-0.4, -0.2) is 62.3 Å². The molecule has 3 fully saturated rings. The van der Waals surface area contributed by atoms with Crippen molar-refractivity contribution in [3.63, 3.8) is 0 Å². The lowest BCUT2D eigenvalue weighted by molar-refractivity contribution is -0.117. The number of fused-ring (bicyclic) bond motifs is 1. The Bertz CT molecular complexity index is 1540. The van der Waals surface area contributed by atoms with Crippen LogP contribution in [0.3, 0.4) is 0 Å². The molecule has 7 rings (SSSR count). The molecule has 1 amide bonds. The van der Waals surface area contributed by atoms with Crippen LogP contribution in [0.5, 0.6) is 0 Å². The molecule has 4 aromatic rings. The van der Waals surface area contributed by atoms with Crippen molar-refractivity contribution in [2.24, 2.45) is 5.92 Å². The second-order valence-corrected chi connectivity index (χ2v) is 14.3. The minimum atomic E-state index is -0.319. The number of carbonyl (C=O) groups excluding carboxylic acids is 1. The Morgan fingerprint density at radius 1 is 1.12 bits per heavy atom. The van der Waals surface area contributed by atoms with E-state index in [9.17, 15) is 4.79 Å². The van der Waals surface area contributed by atoms with Crippen LogP contribution >= 0.6 is 23.1 Å². The molecule has 0 spiro atoms. The zero-order chi connectivity index (χ0) is 29.2. The number of carbonyl (C=O) groups is 1. The predicted octanol–water partition coefficient (Wildman–Crippen LogP) is 6.36. The zero-order valence-corrected chi connectivity index (χ0v) is 26.3. The first-order valence-electron chi connectivity index (χ1n) is 15.6. The third-order valence-corrected chi connectivity index (χ3v) is 11.9. The third kappa shape index (κ3) is 6.00. The molecule has 3 unspecified atom stereocenters. The minimum absolute atomic E-state index is 0.0257. The summed E-state index contributed by atoms with van der Waals surface area (Å²) in [5.41, 5.74) is 4.66. The van der Waals surface area contributed by atoms with Crippen LogP contribution in [-0.2, 0) is 16.1 Å². The SMILES string of the molecule is CC1(C2CCCCCC2)NC(c2cccnc2)SC1C(=O)Nc1ccccc1-c1cn2c(CN3CCOCC3)csc2n1. The number of benzene rings is 1. The highest BCUT2D eigenvalue weighted by Gasteiger charge is 2.52. The number of hydrogen-bond donors (Lipinski definition) is 2. The number of aromatic nitrogens is 3. The summed E-state index contributed by atoms with van der Waals surface area (Å²) in [5, 5.41) is 9.29. The molecule has 0 bridgehead atoms. The van der Waals surface area contributed by atoms with Crippen molar-refractivity contribution in [2.45, 2.75) is 68.2 Å².